The van der Waals surface area contributed by atoms with Crippen molar-refractivity contribution in [3.8, 4) is 0 Å². The lowest BCUT2D eigenvalue weighted by Gasteiger charge is -2.22. The van der Waals surface area contributed by atoms with E-state index in [4.69, 9.17) is 0 Å². The SMILES string of the molecule is CS(=O)(=O)N(CCCC(=O)Nc1ccc(F)c(F)c1)c1ccc(F)cc1. The molecular weight excluding hydrogens is 369 g/mol. The van der Waals surface area contributed by atoms with Crippen molar-refractivity contribution in [3.05, 3.63) is 59.9 Å². The number of hydrogen-bond donors (Lipinski definition) is 1. The van der Waals surface area contributed by atoms with Crippen molar-refractivity contribution in [3.63, 3.8) is 0 Å². The van der Waals surface area contributed by atoms with Gasteiger partial charge in [-0.2, -0.15) is 0 Å². The molecule has 0 bridgehead atoms. The second kappa shape index (κ2) is 8.22. The molecule has 26 heavy (non-hydrogen) atoms. The number of carbonyl (C=O) groups excluding carboxylic acids is 1. The number of halogens is 3. The fourth-order valence-corrected chi connectivity index (χ4v) is 3.24. The van der Waals surface area contributed by atoms with Gasteiger partial charge in [-0.25, -0.2) is 21.6 Å². The summed E-state index contributed by atoms with van der Waals surface area (Å²) in [5.74, 6) is -3.06. The van der Waals surface area contributed by atoms with E-state index in [1.807, 2.05) is 0 Å². The largest absolute Gasteiger partial charge is 0.326 e. The van der Waals surface area contributed by atoms with Crippen molar-refractivity contribution in [1.82, 2.24) is 0 Å². The van der Waals surface area contributed by atoms with Crippen molar-refractivity contribution in [2.75, 3.05) is 22.4 Å². The first-order chi connectivity index (χ1) is 12.2. The third-order valence-corrected chi connectivity index (χ3v) is 4.68. The third kappa shape index (κ3) is 5.48. The van der Waals surface area contributed by atoms with Crippen LogP contribution in [0.2, 0.25) is 0 Å². The summed E-state index contributed by atoms with van der Waals surface area (Å²) in [4.78, 5) is 11.9. The quantitative estimate of drug-likeness (QED) is 0.794. The van der Waals surface area contributed by atoms with Gasteiger partial charge in [0, 0.05) is 24.7 Å². The Hall–Kier alpha value is -2.55. The molecule has 0 aliphatic carbocycles. The molecule has 1 amide bonds. The highest BCUT2D eigenvalue weighted by molar-refractivity contribution is 7.92. The van der Waals surface area contributed by atoms with Gasteiger partial charge in [0.2, 0.25) is 15.9 Å². The van der Waals surface area contributed by atoms with E-state index in [0.717, 1.165) is 34.8 Å². The summed E-state index contributed by atoms with van der Waals surface area (Å²) >= 11 is 0. The number of nitrogens with zero attached hydrogens (tertiary/aromatic N) is 1. The molecule has 0 atom stereocenters. The molecular formula is C17H17F3N2O3S. The molecule has 0 aromatic heterocycles. The number of sulfonamides is 1. The first kappa shape index (κ1) is 19.8. The highest BCUT2D eigenvalue weighted by Crippen LogP contribution is 2.19. The average Bonchev–Trinajstić information content (AvgIpc) is 2.55. The normalized spacial score (nSPS) is 11.2. The first-order valence-corrected chi connectivity index (χ1v) is 9.50. The van der Waals surface area contributed by atoms with Crippen LogP contribution in [0.25, 0.3) is 0 Å². The fraction of sp³-hybridized carbons (Fsp3) is 0.235. The minimum Gasteiger partial charge on any atom is -0.326 e. The number of nitrogens with one attached hydrogen (secondary N) is 1. The molecule has 0 heterocycles. The second-order valence-electron chi connectivity index (χ2n) is 5.59. The molecule has 0 radical (unpaired) electrons. The Bertz CT molecular complexity index is 887. The summed E-state index contributed by atoms with van der Waals surface area (Å²) in [7, 11) is -3.61. The summed E-state index contributed by atoms with van der Waals surface area (Å²) in [5, 5.41) is 2.41. The maximum atomic E-state index is 13.1. The van der Waals surface area contributed by atoms with Gasteiger partial charge in [0.25, 0.3) is 0 Å². The van der Waals surface area contributed by atoms with E-state index in [2.05, 4.69) is 5.32 Å². The van der Waals surface area contributed by atoms with Crippen LogP contribution in [0.1, 0.15) is 12.8 Å². The summed E-state index contributed by atoms with van der Waals surface area (Å²) in [6, 6.07) is 7.92. The summed E-state index contributed by atoms with van der Waals surface area (Å²) in [6.45, 7) is 0.00959. The number of carbonyl (C=O) groups is 1. The number of anilines is 2. The Kier molecular flexibility index (Phi) is 6.25. The van der Waals surface area contributed by atoms with Crippen LogP contribution < -0.4 is 9.62 Å². The van der Waals surface area contributed by atoms with Gasteiger partial charge in [0.15, 0.2) is 11.6 Å². The molecule has 1 N–H and O–H groups in total. The topological polar surface area (TPSA) is 66.5 Å². The van der Waals surface area contributed by atoms with Crippen molar-refractivity contribution in [2.24, 2.45) is 0 Å². The van der Waals surface area contributed by atoms with E-state index in [1.165, 1.54) is 18.2 Å². The van der Waals surface area contributed by atoms with Crippen LogP contribution in [0.3, 0.4) is 0 Å². The zero-order chi connectivity index (χ0) is 19.3. The lowest BCUT2D eigenvalue weighted by Crippen LogP contribution is -2.31. The van der Waals surface area contributed by atoms with Crippen LogP contribution in [0.5, 0.6) is 0 Å². The highest BCUT2D eigenvalue weighted by atomic mass is 32.2. The molecule has 9 heteroatoms. The Balaban J connectivity index is 1.95. The Morgan fingerprint density at radius 3 is 2.27 bits per heavy atom. The van der Waals surface area contributed by atoms with E-state index < -0.39 is 33.4 Å². The number of hydrogen-bond acceptors (Lipinski definition) is 3. The van der Waals surface area contributed by atoms with Crippen LogP contribution in [0.4, 0.5) is 24.5 Å². The zero-order valence-electron chi connectivity index (χ0n) is 13.9. The standard InChI is InChI=1S/C17H17F3N2O3S/c1-26(24,25)22(14-7-4-12(18)5-8-14)10-2-3-17(23)21-13-6-9-15(19)16(20)11-13/h4-9,11H,2-3,10H2,1H3,(H,21,23). The Morgan fingerprint density at radius 2 is 1.69 bits per heavy atom. The highest BCUT2D eigenvalue weighted by Gasteiger charge is 2.17. The van der Waals surface area contributed by atoms with Crippen molar-refractivity contribution < 1.29 is 26.4 Å². The molecule has 0 aliphatic rings. The van der Waals surface area contributed by atoms with Crippen LogP contribution in [-0.2, 0) is 14.8 Å². The van der Waals surface area contributed by atoms with E-state index in [-0.39, 0.29) is 30.8 Å². The fourth-order valence-electron chi connectivity index (χ4n) is 2.27. The van der Waals surface area contributed by atoms with Crippen LogP contribution in [0.15, 0.2) is 42.5 Å². The van der Waals surface area contributed by atoms with Crippen molar-refractivity contribution in [1.29, 1.82) is 0 Å². The van der Waals surface area contributed by atoms with E-state index >= 15 is 0 Å². The average molecular weight is 386 g/mol. The maximum absolute atomic E-state index is 13.1. The third-order valence-electron chi connectivity index (χ3n) is 3.48. The monoisotopic (exact) mass is 386 g/mol. The molecule has 0 fully saturated rings. The van der Waals surface area contributed by atoms with E-state index in [0.29, 0.717) is 0 Å². The predicted octanol–water partition coefficient (Wildman–Crippen LogP) is 3.29. The zero-order valence-corrected chi connectivity index (χ0v) is 14.7. The molecule has 2 aromatic carbocycles. The first-order valence-electron chi connectivity index (χ1n) is 7.65. The number of rotatable bonds is 7. The Labute approximate surface area is 149 Å². The molecule has 0 aliphatic heterocycles. The van der Waals surface area contributed by atoms with Crippen LogP contribution in [-0.4, -0.2) is 27.1 Å². The van der Waals surface area contributed by atoms with Crippen molar-refractivity contribution >= 4 is 27.3 Å². The Morgan fingerprint density at radius 1 is 1.04 bits per heavy atom. The van der Waals surface area contributed by atoms with Crippen LogP contribution in [0, 0.1) is 17.5 Å². The molecule has 0 saturated carbocycles. The van der Waals surface area contributed by atoms with Crippen molar-refractivity contribution in [2.45, 2.75) is 12.8 Å². The summed E-state index contributed by atoms with van der Waals surface area (Å²) in [6.07, 6.45) is 1.16. The minimum absolute atomic E-state index is 0.00959. The van der Waals surface area contributed by atoms with Gasteiger partial charge in [-0.1, -0.05) is 0 Å². The molecule has 140 valence electrons. The molecule has 2 rings (SSSR count). The van der Waals surface area contributed by atoms with Crippen LogP contribution >= 0.6 is 0 Å². The van der Waals surface area contributed by atoms with Gasteiger partial charge in [0.05, 0.1) is 11.9 Å². The lowest BCUT2D eigenvalue weighted by atomic mass is 10.2. The predicted molar refractivity (Wildman–Crippen MR) is 92.8 cm³/mol. The number of benzene rings is 2. The van der Waals surface area contributed by atoms with E-state index in [1.54, 1.807) is 0 Å². The second-order valence-corrected chi connectivity index (χ2v) is 7.50. The smallest absolute Gasteiger partial charge is 0.232 e. The van der Waals surface area contributed by atoms with Gasteiger partial charge in [0.1, 0.15) is 5.82 Å². The van der Waals surface area contributed by atoms with Gasteiger partial charge in [-0.05, 0) is 42.8 Å². The maximum Gasteiger partial charge on any atom is 0.232 e. The number of amides is 1. The summed E-state index contributed by atoms with van der Waals surface area (Å²) < 4.78 is 63.8. The lowest BCUT2D eigenvalue weighted by molar-refractivity contribution is -0.116. The van der Waals surface area contributed by atoms with E-state index in [9.17, 15) is 26.4 Å². The van der Waals surface area contributed by atoms with Gasteiger partial charge in [-0.3, -0.25) is 9.10 Å². The minimum atomic E-state index is -3.61. The molecule has 2 aromatic rings. The molecule has 0 spiro atoms. The van der Waals surface area contributed by atoms with Gasteiger partial charge < -0.3 is 5.32 Å². The van der Waals surface area contributed by atoms with Gasteiger partial charge in [-0.15, -0.1) is 0 Å². The molecule has 5 nitrogen and oxygen atoms in total. The van der Waals surface area contributed by atoms with Gasteiger partial charge >= 0.3 is 0 Å². The molecule has 0 saturated heterocycles. The summed E-state index contributed by atoms with van der Waals surface area (Å²) in [5.41, 5.74) is 0.391. The molecule has 0 unspecified atom stereocenters.